The molecule has 6 rings (SSSR count). The van der Waals surface area contributed by atoms with Gasteiger partial charge in [-0.2, -0.15) is 0 Å². The first kappa shape index (κ1) is 21.1. The average molecular weight is 523 g/mol. The van der Waals surface area contributed by atoms with Gasteiger partial charge in [-0.1, -0.05) is 12.1 Å². The molecule has 2 N–H and O–H groups in total. The van der Waals surface area contributed by atoms with Gasteiger partial charge in [-0.05, 0) is 84.5 Å². The Morgan fingerprint density at radius 3 is 1.76 bits per heavy atom. The minimum absolute atomic E-state index is 0. The molecule has 5 heterocycles. The summed E-state index contributed by atoms with van der Waals surface area (Å²) in [6, 6.07) is 24.5. The van der Waals surface area contributed by atoms with Gasteiger partial charge in [0.25, 0.3) is 0 Å². The fourth-order valence-corrected chi connectivity index (χ4v) is 4.02. The number of aromatic amines is 2. The van der Waals surface area contributed by atoms with E-state index < -0.39 is 0 Å². The first-order chi connectivity index (χ1) is 15.7. The Kier molecular flexibility index (Phi) is 5.55. The van der Waals surface area contributed by atoms with E-state index in [1.165, 1.54) is 0 Å². The third kappa shape index (κ3) is 4.32. The summed E-state index contributed by atoms with van der Waals surface area (Å²) in [5.74, 6) is 0.833. The predicted octanol–water partition coefficient (Wildman–Crippen LogP) is 6.08. The molecule has 5 nitrogen and oxygen atoms in total. The Labute approximate surface area is 204 Å². The largest absolute Gasteiger partial charge is 0.497 e. The summed E-state index contributed by atoms with van der Waals surface area (Å²) in [5, 5.41) is 0. The summed E-state index contributed by atoms with van der Waals surface area (Å²) < 4.78 is 5.32. The number of ether oxygens (including phenoxy) is 1. The van der Waals surface area contributed by atoms with Crippen molar-refractivity contribution >= 4 is 45.9 Å². The van der Waals surface area contributed by atoms with E-state index >= 15 is 0 Å². The van der Waals surface area contributed by atoms with E-state index in [9.17, 15) is 0 Å². The maximum Gasteiger partial charge on any atom is 0.118 e. The van der Waals surface area contributed by atoms with Gasteiger partial charge in [-0.25, -0.2) is 9.97 Å². The zero-order valence-corrected chi connectivity index (χ0v) is 19.3. The second-order valence-electron chi connectivity index (χ2n) is 7.82. The monoisotopic (exact) mass is 522 g/mol. The van der Waals surface area contributed by atoms with E-state index in [0.29, 0.717) is 0 Å². The smallest absolute Gasteiger partial charge is 0.118 e. The van der Waals surface area contributed by atoms with Gasteiger partial charge < -0.3 is 14.7 Å². The normalized spacial score (nSPS) is 12.2. The number of nitrogens with one attached hydrogen (secondary N) is 2. The number of hydrogen-bond donors (Lipinski definition) is 2. The van der Waals surface area contributed by atoms with Gasteiger partial charge in [-0.3, -0.25) is 0 Å². The van der Waals surface area contributed by atoms with Crippen molar-refractivity contribution in [3.05, 3.63) is 101 Å². The van der Waals surface area contributed by atoms with Crippen LogP contribution in [0.4, 0.5) is 0 Å². The molecule has 33 heavy (non-hydrogen) atoms. The van der Waals surface area contributed by atoms with Crippen molar-refractivity contribution in [3.63, 3.8) is 0 Å². The van der Waals surface area contributed by atoms with Gasteiger partial charge in [0.05, 0.1) is 29.9 Å². The number of hydrogen-bond acceptors (Lipinski definition) is 3. The van der Waals surface area contributed by atoms with Crippen molar-refractivity contribution in [3.8, 4) is 5.75 Å². The Morgan fingerprint density at radius 1 is 0.636 bits per heavy atom. The molecule has 0 unspecified atom stereocenters. The minimum Gasteiger partial charge on any atom is -0.497 e. The van der Waals surface area contributed by atoms with E-state index in [0.717, 1.165) is 61.7 Å². The Morgan fingerprint density at radius 2 is 1.18 bits per heavy atom. The SMILES string of the molecule is COc1ccc(C2=Cc3cc4ccc(cc5nc(cc6ccc(cc2n3)[nH]6)C=C5)[nH]4)cc1.[Pd]. The van der Waals surface area contributed by atoms with Gasteiger partial charge in [-0.15, -0.1) is 0 Å². The second kappa shape index (κ2) is 8.67. The topological polar surface area (TPSA) is 66.6 Å². The third-order valence-electron chi connectivity index (χ3n) is 5.57. The van der Waals surface area contributed by atoms with Crippen LogP contribution in [0.5, 0.6) is 5.75 Å². The quantitative estimate of drug-likeness (QED) is 0.271. The summed E-state index contributed by atoms with van der Waals surface area (Å²) in [6.07, 6.45) is 6.17. The van der Waals surface area contributed by atoms with Crippen molar-refractivity contribution in [1.29, 1.82) is 0 Å². The van der Waals surface area contributed by atoms with Crippen molar-refractivity contribution < 1.29 is 25.2 Å². The first-order valence-electron chi connectivity index (χ1n) is 10.4. The fourth-order valence-electron chi connectivity index (χ4n) is 4.02. The number of fused-ring (bicyclic) bond motifs is 8. The van der Waals surface area contributed by atoms with Crippen LogP contribution in [0.15, 0.2) is 72.8 Å². The molecule has 0 aliphatic carbocycles. The molecule has 6 heteroatoms. The van der Waals surface area contributed by atoms with Crippen LogP contribution in [0, 0.1) is 0 Å². The van der Waals surface area contributed by atoms with Crippen LogP contribution < -0.4 is 4.74 Å². The van der Waals surface area contributed by atoms with Gasteiger partial charge in [0.15, 0.2) is 0 Å². The Balaban J connectivity index is 0.00000228. The number of nitrogens with zero attached hydrogens (tertiary/aromatic N) is 2. The molecule has 2 aliphatic heterocycles. The maximum atomic E-state index is 5.32. The minimum atomic E-state index is 0. The maximum absolute atomic E-state index is 5.32. The van der Waals surface area contributed by atoms with E-state index in [1.54, 1.807) is 7.11 Å². The van der Waals surface area contributed by atoms with Crippen LogP contribution >= 0.6 is 0 Å². The Hall–Kier alpha value is -3.72. The van der Waals surface area contributed by atoms with E-state index in [2.05, 4.69) is 64.6 Å². The van der Waals surface area contributed by atoms with E-state index in [1.807, 2.05) is 36.4 Å². The number of benzene rings is 1. The third-order valence-corrected chi connectivity index (χ3v) is 5.57. The molecule has 0 saturated heterocycles. The second-order valence-corrected chi connectivity index (χ2v) is 7.82. The molecule has 0 radical (unpaired) electrons. The van der Waals surface area contributed by atoms with E-state index in [4.69, 9.17) is 14.7 Å². The zero-order valence-electron chi connectivity index (χ0n) is 17.8. The Bertz CT molecular complexity index is 1560. The number of aromatic nitrogens is 4. The number of rotatable bonds is 2. The zero-order chi connectivity index (χ0) is 21.5. The van der Waals surface area contributed by atoms with Crippen molar-refractivity contribution in [2.45, 2.75) is 0 Å². The van der Waals surface area contributed by atoms with Crippen LogP contribution in [-0.4, -0.2) is 27.0 Å². The molecule has 0 spiro atoms. The average Bonchev–Trinajstić information content (AvgIpc) is 3.59. The van der Waals surface area contributed by atoms with Gasteiger partial charge in [0.1, 0.15) is 5.75 Å². The summed E-state index contributed by atoms with van der Waals surface area (Å²) in [6.45, 7) is 0. The molecule has 4 aromatic rings. The van der Waals surface area contributed by atoms with Crippen LogP contribution in [0.2, 0.25) is 0 Å². The predicted molar refractivity (Wildman–Crippen MR) is 130 cm³/mol. The summed E-state index contributed by atoms with van der Waals surface area (Å²) in [4.78, 5) is 16.5. The molecule has 0 fully saturated rings. The molecular weight excluding hydrogens is 503 g/mol. The van der Waals surface area contributed by atoms with Crippen molar-refractivity contribution in [2.24, 2.45) is 0 Å². The molecule has 3 aromatic heterocycles. The molecular formula is C27H20N4OPd. The number of H-pyrrole nitrogens is 2. The summed E-state index contributed by atoms with van der Waals surface area (Å²) in [7, 11) is 1.68. The molecule has 8 bridgehead atoms. The molecule has 2 aliphatic rings. The fraction of sp³-hybridized carbons (Fsp3) is 0.0370. The molecule has 0 amide bonds. The molecule has 1 aromatic carbocycles. The van der Waals surface area contributed by atoms with Gasteiger partial charge >= 0.3 is 0 Å². The summed E-state index contributed by atoms with van der Waals surface area (Å²) in [5.41, 5.74) is 9.80. The van der Waals surface area contributed by atoms with Gasteiger partial charge in [0.2, 0.25) is 0 Å². The van der Waals surface area contributed by atoms with Crippen LogP contribution in [0.25, 0.3) is 45.9 Å². The molecule has 0 atom stereocenters. The van der Waals surface area contributed by atoms with Crippen molar-refractivity contribution in [1.82, 2.24) is 19.9 Å². The van der Waals surface area contributed by atoms with Crippen LogP contribution in [-0.2, 0) is 20.4 Å². The van der Waals surface area contributed by atoms with Crippen molar-refractivity contribution in [2.75, 3.05) is 7.11 Å². The van der Waals surface area contributed by atoms with E-state index in [-0.39, 0.29) is 20.4 Å². The van der Waals surface area contributed by atoms with Gasteiger partial charge in [0, 0.05) is 48.1 Å². The standard InChI is InChI=1S/C27H20N4O.Pd/c1-32-25-10-2-17(3-11-25)26-15-24-14-22-7-6-20(29-22)12-18-4-5-19(28-18)13-21-8-9-23(30-21)16-27(26)31-24;/h2-16,29-30H,1H3;. The first-order valence-corrected chi connectivity index (χ1v) is 10.4. The summed E-state index contributed by atoms with van der Waals surface area (Å²) >= 11 is 0. The molecule has 164 valence electrons. The van der Waals surface area contributed by atoms with Crippen LogP contribution in [0.1, 0.15) is 28.3 Å². The van der Waals surface area contributed by atoms with Crippen LogP contribution in [0.3, 0.4) is 0 Å². The molecule has 0 saturated carbocycles. The number of methoxy groups -OCH3 is 1.